The first-order valence-corrected chi connectivity index (χ1v) is 11.9. The van der Waals surface area contributed by atoms with E-state index >= 15 is 0 Å². The van der Waals surface area contributed by atoms with Crippen molar-refractivity contribution in [1.82, 2.24) is 10.2 Å². The van der Waals surface area contributed by atoms with Gasteiger partial charge in [-0.15, -0.1) is 0 Å². The van der Waals surface area contributed by atoms with Crippen LogP contribution in [0.25, 0.3) is 0 Å². The average molecular weight is 469 g/mol. The van der Waals surface area contributed by atoms with Crippen LogP contribution in [0.3, 0.4) is 0 Å². The van der Waals surface area contributed by atoms with Crippen molar-refractivity contribution in [2.75, 3.05) is 6.54 Å². The fraction of sp³-hybridized carbons (Fsp3) is 0.481. The van der Waals surface area contributed by atoms with Crippen LogP contribution in [0.5, 0.6) is 11.5 Å². The molecule has 2 atom stereocenters. The molecular formula is C27H36N2O5. The highest BCUT2D eigenvalue weighted by Crippen LogP contribution is 2.28. The second-order valence-corrected chi connectivity index (χ2v) is 9.84. The van der Waals surface area contributed by atoms with Crippen molar-refractivity contribution in [3.05, 3.63) is 60.7 Å². The van der Waals surface area contributed by atoms with Crippen LogP contribution in [-0.2, 0) is 9.53 Å². The Kier molecular flexibility index (Phi) is 8.42. The summed E-state index contributed by atoms with van der Waals surface area (Å²) in [6.45, 7) is 9.76. The van der Waals surface area contributed by atoms with Gasteiger partial charge < -0.3 is 24.4 Å². The first-order chi connectivity index (χ1) is 16.1. The fourth-order valence-electron chi connectivity index (χ4n) is 3.92. The van der Waals surface area contributed by atoms with Gasteiger partial charge in [-0.3, -0.25) is 4.79 Å². The average Bonchev–Trinajstić information content (AvgIpc) is 3.26. The van der Waals surface area contributed by atoms with Gasteiger partial charge in [0.1, 0.15) is 29.2 Å². The second-order valence-electron chi connectivity index (χ2n) is 9.84. The van der Waals surface area contributed by atoms with E-state index in [2.05, 4.69) is 5.32 Å². The number of nitrogens with zero attached hydrogens (tertiary/aromatic N) is 1. The zero-order chi connectivity index (χ0) is 24.7. The van der Waals surface area contributed by atoms with E-state index in [-0.39, 0.29) is 17.9 Å². The molecule has 1 heterocycles. The number of hydrogen-bond acceptors (Lipinski definition) is 5. The van der Waals surface area contributed by atoms with Crippen LogP contribution in [-0.4, -0.2) is 47.4 Å². The van der Waals surface area contributed by atoms with Crippen molar-refractivity contribution >= 4 is 12.0 Å². The van der Waals surface area contributed by atoms with Crippen molar-refractivity contribution < 1.29 is 23.8 Å². The normalized spacial score (nSPS) is 16.9. The fourth-order valence-corrected chi connectivity index (χ4v) is 3.92. The summed E-state index contributed by atoms with van der Waals surface area (Å²) in [5, 5.41) is 2.77. The minimum atomic E-state index is -0.718. The number of amides is 2. The molecule has 0 bridgehead atoms. The number of hydrogen-bond donors (Lipinski definition) is 1. The summed E-state index contributed by atoms with van der Waals surface area (Å²) < 4.78 is 17.9. The summed E-state index contributed by atoms with van der Waals surface area (Å²) in [6, 6.07) is 17.8. The summed E-state index contributed by atoms with van der Waals surface area (Å²) in [5.74, 6) is 1.04. The molecule has 2 aromatic rings. The molecule has 2 amide bonds. The van der Waals surface area contributed by atoms with Crippen LogP contribution >= 0.6 is 0 Å². The lowest BCUT2D eigenvalue weighted by molar-refractivity contribution is -0.141. The highest BCUT2D eigenvalue weighted by Gasteiger charge is 2.41. The number of likely N-dealkylation sites (tertiary alicyclic amines) is 1. The highest BCUT2D eigenvalue weighted by atomic mass is 16.7. The number of alkyl carbamates (subject to hydrolysis) is 1. The summed E-state index contributed by atoms with van der Waals surface area (Å²) in [5.41, 5.74) is -0.650. The highest BCUT2D eigenvalue weighted by molar-refractivity contribution is 5.86. The van der Waals surface area contributed by atoms with Gasteiger partial charge in [0.2, 0.25) is 5.91 Å². The number of ether oxygens (including phenoxy) is 3. The van der Waals surface area contributed by atoms with Crippen LogP contribution in [0.1, 0.15) is 47.5 Å². The SMILES string of the molecule is CC(C)C(NC(=O)OC(C)(C)C)C(=O)N1CCCC1C(Oc1ccccc1)Oc1ccccc1. The number of rotatable bonds is 8. The van der Waals surface area contributed by atoms with Gasteiger partial charge in [-0.05, 0) is 63.8 Å². The maximum Gasteiger partial charge on any atom is 0.408 e. The molecule has 0 radical (unpaired) electrons. The second kappa shape index (κ2) is 11.3. The Morgan fingerprint density at radius 1 is 0.941 bits per heavy atom. The summed E-state index contributed by atoms with van der Waals surface area (Å²) in [7, 11) is 0. The van der Waals surface area contributed by atoms with Crippen LogP contribution in [0, 0.1) is 5.92 Å². The van der Waals surface area contributed by atoms with Gasteiger partial charge in [-0.1, -0.05) is 50.2 Å². The van der Waals surface area contributed by atoms with Crippen LogP contribution < -0.4 is 14.8 Å². The Balaban J connectivity index is 1.81. The lowest BCUT2D eigenvalue weighted by Gasteiger charge is -2.35. The van der Waals surface area contributed by atoms with Crippen LogP contribution in [0.4, 0.5) is 4.79 Å². The smallest absolute Gasteiger partial charge is 0.408 e. The van der Waals surface area contributed by atoms with Gasteiger partial charge in [-0.2, -0.15) is 0 Å². The maximum atomic E-state index is 13.7. The third-order valence-electron chi connectivity index (χ3n) is 5.49. The third kappa shape index (κ3) is 7.14. The number of para-hydroxylation sites is 2. The molecule has 7 heteroatoms. The molecule has 1 aliphatic heterocycles. The minimum Gasteiger partial charge on any atom is -0.453 e. The van der Waals surface area contributed by atoms with Crippen LogP contribution in [0.2, 0.25) is 0 Å². The Labute approximate surface area is 202 Å². The summed E-state index contributed by atoms with van der Waals surface area (Å²) in [4.78, 5) is 27.9. The molecule has 3 rings (SSSR count). The molecule has 0 spiro atoms. The predicted octanol–water partition coefficient (Wildman–Crippen LogP) is 5.01. The largest absolute Gasteiger partial charge is 0.453 e. The number of carbonyl (C=O) groups excluding carboxylic acids is 2. The molecule has 184 valence electrons. The summed E-state index contributed by atoms with van der Waals surface area (Å²) in [6.07, 6.45) is 0.242. The number of benzene rings is 2. The minimum absolute atomic E-state index is 0.121. The van der Waals surface area contributed by atoms with Gasteiger partial charge >= 0.3 is 6.09 Å². The monoisotopic (exact) mass is 468 g/mol. The Morgan fingerprint density at radius 2 is 1.47 bits per heavy atom. The van der Waals surface area contributed by atoms with Gasteiger partial charge in [0, 0.05) is 6.54 Å². The van der Waals surface area contributed by atoms with E-state index in [9.17, 15) is 9.59 Å². The standard InChI is InChI=1S/C27H36N2O5/c1-19(2)23(28-26(31)34-27(3,4)5)24(30)29-18-12-17-22(29)25(32-20-13-8-6-9-14-20)33-21-15-10-7-11-16-21/h6-11,13-16,19,22-23,25H,12,17-18H2,1-5H3,(H,28,31). The van der Waals surface area contributed by atoms with Gasteiger partial charge in [0.15, 0.2) is 0 Å². The van der Waals surface area contributed by atoms with Crippen molar-refractivity contribution in [2.24, 2.45) is 5.92 Å². The summed E-state index contributed by atoms with van der Waals surface area (Å²) >= 11 is 0. The Hall–Kier alpha value is -3.22. The van der Waals surface area contributed by atoms with Crippen LogP contribution in [0.15, 0.2) is 60.7 Å². The Morgan fingerprint density at radius 3 is 1.94 bits per heavy atom. The molecule has 2 aromatic carbocycles. The first-order valence-electron chi connectivity index (χ1n) is 11.9. The molecule has 0 aromatic heterocycles. The van der Waals surface area contributed by atoms with E-state index in [1.807, 2.05) is 74.5 Å². The molecule has 0 saturated carbocycles. The van der Waals surface area contributed by atoms with Crippen molar-refractivity contribution in [3.63, 3.8) is 0 Å². The Bertz CT molecular complexity index is 886. The molecule has 1 fully saturated rings. The molecule has 34 heavy (non-hydrogen) atoms. The first kappa shape index (κ1) is 25.4. The van der Waals surface area contributed by atoms with E-state index in [4.69, 9.17) is 14.2 Å². The van der Waals surface area contributed by atoms with Crippen molar-refractivity contribution in [2.45, 2.75) is 71.4 Å². The zero-order valence-corrected chi connectivity index (χ0v) is 20.7. The van der Waals surface area contributed by atoms with Crippen molar-refractivity contribution in [3.8, 4) is 11.5 Å². The molecule has 1 aliphatic rings. The van der Waals surface area contributed by atoms with E-state index in [1.165, 1.54) is 0 Å². The van der Waals surface area contributed by atoms with Crippen molar-refractivity contribution in [1.29, 1.82) is 0 Å². The molecule has 0 aliphatic carbocycles. The quantitative estimate of drug-likeness (QED) is 0.551. The van der Waals surface area contributed by atoms with E-state index in [0.29, 0.717) is 18.0 Å². The number of nitrogens with one attached hydrogen (secondary N) is 1. The van der Waals surface area contributed by atoms with E-state index in [0.717, 1.165) is 12.8 Å². The molecular weight excluding hydrogens is 432 g/mol. The third-order valence-corrected chi connectivity index (χ3v) is 5.49. The molecule has 1 N–H and O–H groups in total. The maximum absolute atomic E-state index is 13.7. The number of carbonyl (C=O) groups is 2. The van der Waals surface area contributed by atoms with Gasteiger partial charge in [0.25, 0.3) is 6.29 Å². The van der Waals surface area contributed by atoms with Gasteiger partial charge in [-0.25, -0.2) is 4.79 Å². The lowest BCUT2D eigenvalue weighted by atomic mass is 10.0. The molecule has 2 unspecified atom stereocenters. The molecule has 1 saturated heterocycles. The van der Waals surface area contributed by atoms with E-state index in [1.54, 1.807) is 25.7 Å². The van der Waals surface area contributed by atoms with E-state index < -0.39 is 24.0 Å². The predicted molar refractivity (Wildman–Crippen MR) is 131 cm³/mol. The van der Waals surface area contributed by atoms with Gasteiger partial charge in [0.05, 0.1) is 0 Å². The molecule has 7 nitrogen and oxygen atoms in total. The lowest BCUT2D eigenvalue weighted by Crippen LogP contribution is -2.56. The topological polar surface area (TPSA) is 77.1 Å². The zero-order valence-electron chi connectivity index (χ0n) is 20.7.